The van der Waals surface area contributed by atoms with Crippen LogP contribution in [0, 0.1) is 11.8 Å². The van der Waals surface area contributed by atoms with Gasteiger partial charge in [-0.2, -0.15) is 0 Å². The molecule has 0 saturated heterocycles. The van der Waals surface area contributed by atoms with Gasteiger partial charge in [0.2, 0.25) is 5.95 Å². The first kappa shape index (κ1) is 19.9. The second-order valence-electron chi connectivity index (χ2n) is 6.26. The van der Waals surface area contributed by atoms with Gasteiger partial charge in [0, 0.05) is 30.2 Å². The van der Waals surface area contributed by atoms with Crippen LogP contribution in [0.15, 0.2) is 67.0 Å². The second-order valence-corrected chi connectivity index (χ2v) is 6.26. The maximum atomic E-state index is 12.1. The zero-order valence-corrected chi connectivity index (χ0v) is 15.7. The molecule has 146 valence electrons. The van der Waals surface area contributed by atoms with E-state index in [1.54, 1.807) is 30.6 Å². The van der Waals surface area contributed by atoms with Crippen molar-refractivity contribution in [2.75, 3.05) is 17.6 Å². The SMILES string of the molecule is Nc1ncc(C#Cc2cccc(NC(=O)NCCC(O)c3ccccc3)c2)cn1. The number of hydrogen-bond donors (Lipinski definition) is 4. The van der Waals surface area contributed by atoms with Crippen molar-refractivity contribution in [1.29, 1.82) is 0 Å². The first-order chi connectivity index (χ1) is 14.1. The van der Waals surface area contributed by atoms with E-state index in [1.165, 1.54) is 0 Å². The smallest absolute Gasteiger partial charge is 0.319 e. The molecule has 0 aliphatic carbocycles. The summed E-state index contributed by atoms with van der Waals surface area (Å²) in [5.74, 6) is 6.14. The fourth-order valence-electron chi connectivity index (χ4n) is 2.56. The molecule has 0 spiro atoms. The van der Waals surface area contributed by atoms with Gasteiger partial charge < -0.3 is 21.5 Å². The minimum Gasteiger partial charge on any atom is -0.388 e. The van der Waals surface area contributed by atoms with E-state index in [9.17, 15) is 9.90 Å². The number of carbonyl (C=O) groups is 1. The summed E-state index contributed by atoms with van der Waals surface area (Å²) >= 11 is 0. The average molecular weight is 387 g/mol. The number of nitrogen functional groups attached to an aromatic ring is 1. The highest BCUT2D eigenvalue weighted by molar-refractivity contribution is 5.89. The highest BCUT2D eigenvalue weighted by Crippen LogP contribution is 2.15. The van der Waals surface area contributed by atoms with Crippen LogP contribution in [0.4, 0.5) is 16.4 Å². The Kier molecular flexibility index (Phi) is 6.76. The Morgan fingerprint density at radius 1 is 1.03 bits per heavy atom. The Balaban J connectivity index is 1.50. The Labute approximate surface area is 169 Å². The number of benzene rings is 2. The van der Waals surface area contributed by atoms with Crippen LogP contribution in [-0.2, 0) is 0 Å². The number of nitrogens with two attached hydrogens (primary N) is 1. The number of nitrogens with zero attached hydrogens (tertiary/aromatic N) is 2. The van der Waals surface area contributed by atoms with Crippen molar-refractivity contribution in [2.24, 2.45) is 0 Å². The molecular weight excluding hydrogens is 366 g/mol. The lowest BCUT2D eigenvalue weighted by Crippen LogP contribution is -2.30. The van der Waals surface area contributed by atoms with Crippen LogP contribution in [0.3, 0.4) is 0 Å². The van der Waals surface area contributed by atoms with Crippen LogP contribution in [0.1, 0.15) is 29.2 Å². The van der Waals surface area contributed by atoms with Crippen molar-refractivity contribution in [3.63, 3.8) is 0 Å². The van der Waals surface area contributed by atoms with E-state index >= 15 is 0 Å². The summed E-state index contributed by atoms with van der Waals surface area (Å²) in [4.78, 5) is 19.9. The molecule has 2 amide bonds. The highest BCUT2D eigenvalue weighted by atomic mass is 16.3. The van der Waals surface area contributed by atoms with Crippen LogP contribution in [0.25, 0.3) is 0 Å². The first-order valence-corrected chi connectivity index (χ1v) is 9.07. The summed E-state index contributed by atoms with van der Waals surface area (Å²) in [5, 5.41) is 15.6. The summed E-state index contributed by atoms with van der Waals surface area (Å²) in [6.45, 7) is 0.346. The number of aliphatic hydroxyl groups excluding tert-OH is 1. The Bertz CT molecular complexity index is 1010. The third kappa shape index (κ3) is 6.34. The molecule has 5 N–H and O–H groups in total. The van der Waals surface area contributed by atoms with Crippen molar-refractivity contribution in [3.8, 4) is 11.8 Å². The van der Waals surface area contributed by atoms with E-state index < -0.39 is 6.10 Å². The molecule has 0 bridgehead atoms. The first-order valence-electron chi connectivity index (χ1n) is 9.07. The molecule has 1 aromatic heterocycles. The number of aromatic nitrogens is 2. The quantitative estimate of drug-likeness (QED) is 0.503. The van der Waals surface area contributed by atoms with E-state index in [4.69, 9.17) is 5.73 Å². The van der Waals surface area contributed by atoms with Gasteiger partial charge in [0.05, 0.1) is 11.7 Å². The molecule has 0 radical (unpaired) electrons. The van der Waals surface area contributed by atoms with E-state index in [-0.39, 0.29) is 12.0 Å². The summed E-state index contributed by atoms with van der Waals surface area (Å²) in [7, 11) is 0. The summed E-state index contributed by atoms with van der Waals surface area (Å²) in [6, 6.07) is 16.2. The van der Waals surface area contributed by atoms with Gasteiger partial charge in [0.1, 0.15) is 0 Å². The predicted octanol–water partition coefficient (Wildman–Crippen LogP) is 2.70. The third-order valence-electron chi connectivity index (χ3n) is 4.03. The monoisotopic (exact) mass is 387 g/mol. The van der Waals surface area contributed by atoms with Gasteiger partial charge in [-0.1, -0.05) is 48.2 Å². The normalized spacial score (nSPS) is 11.1. The topological polar surface area (TPSA) is 113 Å². The van der Waals surface area contributed by atoms with Crippen LogP contribution in [-0.4, -0.2) is 27.7 Å². The van der Waals surface area contributed by atoms with Crippen LogP contribution >= 0.6 is 0 Å². The number of nitrogens with one attached hydrogen (secondary N) is 2. The molecule has 0 aliphatic rings. The predicted molar refractivity (Wildman–Crippen MR) is 112 cm³/mol. The molecule has 2 aromatic carbocycles. The largest absolute Gasteiger partial charge is 0.388 e. The molecule has 3 rings (SSSR count). The minimum atomic E-state index is -0.618. The zero-order valence-electron chi connectivity index (χ0n) is 15.7. The van der Waals surface area contributed by atoms with Gasteiger partial charge in [-0.25, -0.2) is 14.8 Å². The molecule has 7 heteroatoms. The van der Waals surface area contributed by atoms with E-state index in [0.717, 1.165) is 11.1 Å². The van der Waals surface area contributed by atoms with Crippen LogP contribution in [0.2, 0.25) is 0 Å². The van der Waals surface area contributed by atoms with Crippen LogP contribution in [0.5, 0.6) is 0 Å². The van der Waals surface area contributed by atoms with E-state index in [1.807, 2.05) is 36.4 Å². The number of rotatable bonds is 5. The number of carbonyl (C=O) groups excluding carboxylic acids is 1. The lowest BCUT2D eigenvalue weighted by atomic mass is 10.1. The summed E-state index contributed by atoms with van der Waals surface area (Å²) in [6.07, 6.45) is 2.91. The lowest BCUT2D eigenvalue weighted by Gasteiger charge is -2.12. The van der Waals surface area contributed by atoms with Crippen molar-refractivity contribution >= 4 is 17.7 Å². The van der Waals surface area contributed by atoms with Gasteiger partial charge in [-0.15, -0.1) is 0 Å². The van der Waals surface area contributed by atoms with Crippen LogP contribution < -0.4 is 16.4 Å². The zero-order chi connectivity index (χ0) is 20.5. The minimum absolute atomic E-state index is 0.198. The fourth-order valence-corrected chi connectivity index (χ4v) is 2.56. The molecule has 1 unspecified atom stereocenters. The van der Waals surface area contributed by atoms with Crippen molar-refractivity contribution < 1.29 is 9.90 Å². The Morgan fingerprint density at radius 2 is 1.76 bits per heavy atom. The average Bonchev–Trinajstić information content (AvgIpc) is 2.74. The number of anilines is 2. The van der Waals surface area contributed by atoms with E-state index in [2.05, 4.69) is 32.4 Å². The molecule has 0 saturated carbocycles. The number of aliphatic hydroxyl groups is 1. The molecular formula is C22H21N5O2. The molecule has 1 atom stereocenters. The Morgan fingerprint density at radius 3 is 2.52 bits per heavy atom. The maximum absolute atomic E-state index is 12.1. The number of amides is 2. The third-order valence-corrected chi connectivity index (χ3v) is 4.03. The second kappa shape index (κ2) is 9.88. The Hall–Kier alpha value is -3.89. The highest BCUT2D eigenvalue weighted by Gasteiger charge is 2.08. The van der Waals surface area contributed by atoms with Gasteiger partial charge in [0.15, 0.2) is 0 Å². The van der Waals surface area contributed by atoms with Gasteiger partial charge >= 0.3 is 6.03 Å². The summed E-state index contributed by atoms with van der Waals surface area (Å²) in [5.41, 5.74) is 8.27. The molecule has 0 aliphatic heterocycles. The van der Waals surface area contributed by atoms with Gasteiger partial charge in [0.25, 0.3) is 0 Å². The van der Waals surface area contributed by atoms with Gasteiger partial charge in [-0.05, 0) is 30.2 Å². The lowest BCUT2D eigenvalue weighted by molar-refractivity contribution is 0.167. The standard InChI is InChI=1S/C22H21N5O2/c23-21-25-14-17(15-26-21)10-9-16-5-4-8-19(13-16)27-22(29)24-12-11-20(28)18-6-2-1-3-7-18/h1-8,13-15,20,28H,11-12H2,(H2,23,25,26)(H2,24,27,29). The molecule has 29 heavy (non-hydrogen) atoms. The maximum Gasteiger partial charge on any atom is 0.319 e. The number of hydrogen-bond acceptors (Lipinski definition) is 5. The molecule has 7 nitrogen and oxygen atoms in total. The molecule has 3 aromatic rings. The van der Waals surface area contributed by atoms with Crippen molar-refractivity contribution in [2.45, 2.75) is 12.5 Å². The van der Waals surface area contributed by atoms with Gasteiger partial charge in [-0.3, -0.25) is 0 Å². The van der Waals surface area contributed by atoms with E-state index in [0.29, 0.717) is 24.2 Å². The molecule has 1 heterocycles. The number of urea groups is 1. The van der Waals surface area contributed by atoms with Crippen molar-refractivity contribution in [3.05, 3.63) is 83.7 Å². The fraction of sp³-hybridized carbons (Fsp3) is 0.136. The van der Waals surface area contributed by atoms with Crippen molar-refractivity contribution in [1.82, 2.24) is 15.3 Å². The molecule has 0 fully saturated rings. The summed E-state index contributed by atoms with van der Waals surface area (Å²) < 4.78 is 0.